The summed E-state index contributed by atoms with van der Waals surface area (Å²) < 4.78 is 27.4. The van der Waals surface area contributed by atoms with E-state index in [1.54, 1.807) is 0 Å². The van der Waals surface area contributed by atoms with Gasteiger partial charge in [0.1, 0.15) is 50.8 Å². The van der Waals surface area contributed by atoms with Gasteiger partial charge in [0.2, 0.25) is 0 Å². The molecule has 0 unspecified atom stereocenters. The Bertz CT molecular complexity index is 532. The van der Waals surface area contributed by atoms with Crippen LogP contribution in [-0.2, 0) is 23.7 Å². The highest BCUT2D eigenvalue weighted by Crippen LogP contribution is 2.27. The molecule has 0 spiro atoms. The average Bonchev–Trinajstić information content (AvgIpc) is 2.58. The molecule has 24 heavy (non-hydrogen) atoms. The average molecular weight is 332 g/mol. The molecule has 1 fully saturated rings. The van der Waals surface area contributed by atoms with Gasteiger partial charge in [0.25, 0.3) is 0 Å². The third-order valence-electron chi connectivity index (χ3n) is 3.15. The Hall–Kier alpha value is -2.00. The van der Waals surface area contributed by atoms with E-state index in [0.29, 0.717) is 0 Å². The van der Waals surface area contributed by atoms with Crippen LogP contribution in [0.3, 0.4) is 0 Å². The minimum Gasteiger partial charge on any atom is -0.366 e. The predicted octanol–water partition coefficient (Wildman–Crippen LogP) is -0.591. The van der Waals surface area contributed by atoms with Gasteiger partial charge >= 0.3 is 0 Å². The summed E-state index contributed by atoms with van der Waals surface area (Å²) in [6.45, 7) is 0.120. The lowest BCUT2D eigenvalue weighted by atomic mass is 9.98. The van der Waals surface area contributed by atoms with Crippen molar-refractivity contribution < 1.29 is 28.8 Å². The Kier molecular flexibility index (Phi) is 9.62. The lowest BCUT2D eigenvalue weighted by Gasteiger charge is -2.43. The molecule has 6 heteroatoms. The molecule has 0 aromatic heterocycles. The molecule has 1 rings (SSSR count). The van der Waals surface area contributed by atoms with Gasteiger partial charge < -0.3 is 28.8 Å². The van der Waals surface area contributed by atoms with E-state index in [0.717, 1.165) is 0 Å². The summed E-state index contributed by atoms with van der Waals surface area (Å²) >= 11 is 0. The van der Waals surface area contributed by atoms with E-state index in [9.17, 15) is 5.11 Å². The normalized spacial score (nSPS) is 29.0. The van der Waals surface area contributed by atoms with Crippen LogP contribution in [0.4, 0.5) is 0 Å². The molecular formula is C18H20O6. The summed E-state index contributed by atoms with van der Waals surface area (Å²) in [6, 6.07) is 0. The molecule has 1 aliphatic heterocycles. The van der Waals surface area contributed by atoms with Crippen LogP contribution < -0.4 is 0 Å². The molecule has 128 valence electrons. The number of terminal acetylenes is 4. The van der Waals surface area contributed by atoms with Crippen LogP contribution in [0.15, 0.2) is 0 Å². The number of rotatable bonds is 9. The third-order valence-corrected chi connectivity index (χ3v) is 3.15. The van der Waals surface area contributed by atoms with Crippen LogP contribution in [-0.4, -0.2) is 68.8 Å². The molecule has 0 aliphatic carbocycles. The largest absolute Gasteiger partial charge is 0.366 e. The fourth-order valence-corrected chi connectivity index (χ4v) is 2.26. The van der Waals surface area contributed by atoms with Crippen molar-refractivity contribution in [1.82, 2.24) is 0 Å². The van der Waals surface area contributed by atoms with Gasteiger partial charge in [0.05, 0.1) is 6.61 Å². The maximum atomic E-state index is 10.2. The van der Waals surface area contributed by atoms with Gasteiger partial charge in [-0.3, -0.25) is 0 Å². The van der Waals surface area contributed by atoms with E-state index in [2.05, 4.69) is 23.7 Å². The van der Waals surface area contributed by atoms with Gasteiger partial charge in [-0.2, -0.15) is 0 Å². The van der Waals surface area contributed by atoms with Crippen molar-refractivity contribution in [2.45, 2.75) is 30.7 Å². The topological polar surface area (TPSA) is 66.4 Å². The SMILES string of the molecule is C#CCOC[C@H]1O[C@@H](O)[C@H](OCC#C)[C@@H](OCC#C)[C@H]1OCC#C. The minimum absolute atomic E-state index is 0.00747. The summed E-state index contributed by atoms with van der Waals surface area (Å²) in [6.07, 6.45) is 16.5. The van der Waals surface area contributed by atoms with E-state index < -0.39 is 30.7 Å². The molecule has 1 saturated heterocycles. The van der Waals surface area contributed by atoms with Gasteiger partial charge in [0, 0.05) is 0 Å². The Labute approximate surface area is 142 Å². The van der Waals surface area contributed by atoms with Crippen LogP contribution in [0, 0.1) is 49.4 Å². The van der Waals surface area contributed by atoms with Crippen LogP contribution in [0.1, 0.15) is 0 Å². The maximum Gasteiger partial charge on any atom is 0.184 e. The van der Waals surface area contributed by atoms with Gasteiger partial charge in [-0.15, -0.1) is 25.7 Å². The summed E-state index contributed by atoms with van der Waals surface area (Å²) in [7, 11) is 0. The number of aliphatic hydroxyl groups is 1. The quantitative estimate of drug-likeness (QED) is 0.450. The van der Waals surface area contributed by atoms with Gasteiger partial charge in [-0.25, -0.2) is 0 Å². The molecule has 6 nitrogen and oxygen atoms in total. The first-order valence-corrected chi connectivity index (χ1v) is 7.19. The summed E-state index contributed by atoms with van der Waals surface area (Å²) in [5.41, 5.74) is 0. The van der Waals surface area contributed by atoms with Crippen molar-refractivity contribution in [3.05, 3.63) is 0 Å². The monoisotopic (exact) mass is 332 g/mol. The Morgan fingerprint density at radius 2 is 1.25 bits per heavy atom. The Morgan fingerprint density at radius 3 is 1.79 bits per heavy atom. The molecule has 0 amide bonds. The van der Waals surface area contributed by atoms with Crippen molar-refractivity contribution in [3.8, 4) is 49.4 Å². The molecule has 1 N–H and O–H groups in total. The van der Waals surface area contributed by atoms with Gasteiger partial charge in [-0.05, 0) is 0 Å². The molecule has 0 saturated carbocycles. The standard InChI is InChI=1S/C18H20O6/c1-5-9-20-13-14-15(21-10-6-2)16(22-11-7-3)17(18(19)24-14)23-12-8-4/h1-4,14-19H,9-13H2/t14-,15+,16+,17-,18-/m1/s1. The van der Waals surface area contributed by atoms with Crippen molar-refractivity contribution in [2.24, 2.45) is 0 Å². The Balaban J connectivity index is 2.94. The first-order valence-electron chi connectivity index (χ1n) is 7.19. The Morgan fingerprint density at radius 1 is 0.750 bits per heavy atom. The molecule has 5 atom stereocenters. The molecule has 1 heterocycles. The smallest absolute Gasteiger partial charge is 0.184 e. The molecule has 0 aromatic rings. The summed E-state index contributed by atoms with van der Waals surface area (Å²) in [5.74, 6) is 9.38. The fraction of sp³-hybridized carbons (Fsp3) is 0.556. The van der Waals surface area contributed by atoms with Crippen LogP contribution >= 0.6 is 0 Å². The number of hydrogen-bond acceptors (Lipinski definition) is 6. The highest BCUT2D eigenvalue weighted by Gasteiger charge is 2.47. The van der Waals surface area contributed by atoms with Crippen LogP contribution in [0.5, 0.6) is 0 Å². The summed E-state index contributed by atoms with van der Waals surface area (Å²) in [5, 5.41) is 10.2. The first kappa shape index (κ1) is 20.0. The molecule has 1 aliphatic rings. The van der Waals surface area contributed by atoms with Crippen molar-refractivity contribution in [3.63, 3.8) is 0 Å². The zero-order valence-corrected chi connectivity index (χ0v) is 13.2. The van der Waals surface area contributed by atoms with Crippen molar-refractivity contribution >= 4 is 0 Å². The first-order chi connectivity index (χ1) is 11.7. The predicted molar refractivity (Wildman–Crippen MR) is 86.3 cm³/mol. The van der Waals surface area contributed by atoms with E-state index in [1.807, 2.05) is 0 Å². The zero-order valence-electron chi connectivity index (χ0n) is 13.2. The van der Waals surface area contributed by atoms with Gasteiger partial charge in [-0.1, -0.05) is 23.7 Å². The number of hydrogen-bond donors (Lipinski definition) is 1. The van der Waals surface area contributed by atoms with Crippen molar-refractivity contribution in [2.75, 3.05) is 33.0 Å². The second-order valence-electron chi connectivity index (χ2n) is 4.72. The fourth-order valence-electron chi connectivity index (χ4n) is 2.26. The van der Waals surface area contributed by atoms with E-state index >= 15 is 0 Å². The number of ether oxygens (including phenoxy) is 5. The van der Waals surface area contributed by atoms with Crippen LogP contribution in [0.2, 0.25) is 0 Å². The molecular weight excluding hydrogens is 312 g/mol. The van der Waals surface area contributed by atoms with Gasteiger partial charge in [0.15, 0.2) is 6.29 Å². The lowest BCUT2D eigenvalue weighted by molar-refractivity contribution is -0.306. The van der Waals surface area contributed by atoms with E-state index in [-0.39, 0.29) is 33.0 Å². The highest BCUT2D eigenvalue weighted by atomic mass is 16.7. The second kappa shape index (κ2) is 11.5. The minimum atomic E-state index is -1.30. The highest BCUT2D eigenvalue weighted by molar-refractivity contribution is 4.97. The van der Waals surface area contributed by atoms with Crippen molar-refractivity contribution in [1.29, 1.82) is 0 Å². The van der Waals surface area contributed by atoms with E-state index in [1.165, 1.54) is 0 Å². The molecule has 0 aromatic carbocycles. The van der Waals surface area contributed by atoms with E-state index in [4.69, 9.17) is 49.4 Å². The lowest BCUT2D eigenvalue weighted by Crippen LogP contribution is -2.61. The molecule has 0 bridgehead atoms. The third kappa shape index (κ3) is 5.89. The summed E-state index contributed by atoms with van der Waals surface area (Å²) in [4.78, 5) is 0. The zero-order chi connectivity index (χ0) is 17.8. The number of aliphatic hydroxyl groups excluding tert-OH is 1. The maximum absolute atomic E-state index is 10.2. The van der Waals surface area contributed by atoms with Crippen LogP contribution in [0.25, 0.3) is 0 Å². The second-order valence-corrected chi connectivity index (χ2v) is 4.72. The molecule has 0 radical (unpaired) electrons.